The Hall–Kier alpha value is -2.87. The van der Waals surface area contributed by atoms with E-state index in [0.29, 0.717) is 33.3 Å². The second-order valence-electron chi connectivity index (χ2n) is 7.90. The summed E-state index contributed by atoms with van der Waals surface area (Å²) in [6.45, 7) is 3.46. The van der Waals surface area contributed by atoms with Crippen LogP contribution in [0, 0.1) is 18.8 Å². The monoisotopic (exact) mass is 425 g/mol. The molecule has 2 aliphatic rings. The van der Waals surface area contributed by atoms with Gasteiger partial charge in [0, 0.05) is 19.4 Å². The summed E-state index contributed by atoms with van der Waals surface area (Å²) in [4.78, 5) is 56.2. The average Bonchev–Trinajstić information content (AvgIpc) is 3.21. The van der Waals surface area contributed by atoms with Gasteiger partial charge in [0.25, 0.3) is 11.8 Å². The van der Waals surface area contributed by atoms with E-state index in [0.717, 1.165) is 19.3 Å². The summed E-state index contributed by atoms with van der Waals surface area (Å²) in [6.07, 6.45) is 3.36. The molecule has 2 atom stereocenters. The predicted molar refractivity (Wildman–Crippen MR) is 113 cm³/mol. The molecule has 1 fully saturated rings. The largest absolute Gasteiger partial charge is 0.302 e. The Balaban J connectivity index is 1.49. The number of amides is 3. The van der Waals surface area contributed by atoms with Crippen LogP contribution in [0.25, 0.3) is 0 Å². The van der Waals surface area contributed by atoms with Gasteiger partial charge in [0.1, 0.15) is 0 Å². The number of aryl methyl sites for hydroxylation is 1. The first kappa shape index (κ1) is 20.4. The Morgan fingerprint density at radius 3 is 2.37 bits per heavy atom. The topological polar surface area (TPSA) is 96.4 Å². The molecule has 1 N–H and O–H groups in total. The van der Waals surface area contributed by atoms with E-state index in [2.05, 4.69) is 10.3 Å². The number of carbonyl (C=O) groups is 4. The lowest BCUT2D eigenvalue weighted by Crippen LogP contribution is -2.41. The van der Waals surface area contributed by atoms with E-state index < -0.39 is 0 Å². The van der Waals surface area contributed by atoms with Gasteiger partial charge >= 0.3 is 0 Å². The maximum atomic E-state index is 13.0. The highest BCUT2D eigenvalue weighted by Crippen LogP contribution is 2.34. The molecule has 2 unspecified atom stereocenters. The molecule has 1 aliphatic carbocycles. The third-order valence-corrected chi connectivity index (χ3v) is 7.06. The lowest BCUT2D eigenvalue weighted by molar-refractivity contribution is -0.122. The van der Waals surface area contributed by atoms with E-state index in [-0.39, 0.29) is 41.9 Å². The second kappa shape index (κ2) is 8.10. The molecule has 8 heteroatoms. The number of nitrogens with one attached hydrogen (secondary N) is 1. The second-order valence-corrected chi connectivity index (χ2v) is 8.90. The number of nitrogens with zero attached hydrogens (tertiary/aromatic N) is 2. The smallest absolute Gasteiger partial charge is 0.261 e. The highest BCUT2D eigenvalue weighted by Gasteiger charge is 2.40. The first-order chi connectivity index (χ1) is 14.4. The van der Waals surface area contributed by atoms with Crippen molar-refractivity contribution in [2.75, 3.05) is 11.9 Å². The summed E-state index contributed by atoms with van der Waals surface area (Å²) in [6, 6.07) is 6.82. The van der Waals surface area contributed by atoms with Gasteiger partial charge in [0.2, 0.25) is 5.91 Å². The molecule has 1 aromatic heterocycles. The fourth-order valence-corrected chi connectivity index (χ4v) is 5.25. The first-order valence-electron chi connectivity index (χ1n) is 10.1. The number of fused-ring (bicyclic) bond motifs is 1. The minimum Gasteiger partial charge on any atom is -0.302 e. The zero-order valence-electron chi connectivity index (χ0n) is 16.9. The quantitative estimate of drug-likeness (QED) is 0.582. The number of anilines is 1. The van der Waals surface area contributed by atoms with E-state index in [1.807, 2.05) is 0 Å². The van der Waals surface area contributed by atoms with E-state index in [1.54, 1.807) is 31.2 Å². The molecule has 156 valence electrons. The van der Waals surface area contributed by atoms with Crippen LogP contribution in [0.2, 0.25) is 0 Å². The molecule has 2 aromatic rings. The molecule has 3 amide bonds. The van der Waals surface area contributed by atoms with Crippen LogP contribution in [0.5, 0.6) is 0 Å². The van der Waals surface area contributed by atoms with Crippen LogP contribution in [0.1, 0.15) is 68.7 Å². The van der Waals surface area contributed by atoms with Gasteiger partial charge < -0.3 is 5.32 Å². The zero-order valence-corrected chi connectivity index (χ0v) is 17.8. The van der Waals surface area contributed by atoms with E-state index in [4.69, 9.17) is 0 Å². The highest BCUT2D eigenvalue weighted by molar-refractivity contribution is 7.17. The van der Waals surface area contributed by atoms with Gasteiger partial charge in [-0.2, -0.15) is 0 Å². The molecule has 1 saturated carbocycles. The Morgan fingerprint density at radius 1 is 1.13 bits per heavy atom. The number of aromatic nitrogens is 1. The van der Waals surface area contributed by atoms with Gasteiger partial charge in [-0.3, -0.25) is 24.1 Å². The number of imide groups is 1. The van der Waals surface area contributed by atoms with Crippen LogP contribution in [0.4, 0.5) is 5.13 Å². The van der Waals surface area contributed by atoms with Gasteiger partial charge in [0.05, 0.1) is 21.7 Å². The lowest BCUT2D eigenvalue weighted by Gasteiger charge is -2.32. The van der Waals surface area contributed by atoms with Gasteiger partial charge in [-0.15, -0.1) is 0 Å². The molecule has 0 bridgehead atoms. The van der Waals surface area contributed by atoms with Crippen molar-refractivity contribution in [1.82, 2.24) is 9.88 Å². The van der Waals surface area contributed by atoms with Crippen molar-refractivity contribution in [3.05, 3.63) is 46.0 Å². The lowest BCUT2D eigenvalue weighted by atomic mass is 9.78. The van der Waals surface area contributed by atoms with Crippen molar-refractivity contribution in [2.45, 2.75) is 39.5 Å². The van der Waals surface area contributed by atoms with Crippen LogP contribution < -0.4 is 5.32 Å². The van der Waals surface area contributed by atoms with E-state index in [9.17, 15) is 19.2 Å². The Morgan fingerprint density at radius 2 is 1.77 bits per heavy atom. The number of hydrogen-bond acceptors (Lipinski definition) is 6. The predicted octanol–water partition coefficient (Wildman–Crippen LogP) is 3.70. The molecule has 0 saturated heterocycles. The van der Waals surface area contributed by atoms with Gasteiger partial charge in [0.15, 0.2) is 10.9 Å². The number of carbonyl (C=O) groups excluding carboxylic acids is 4. The Bertz CT molecular complexity index is 1010. The number of Topliss-reactive ketones (excluding diaryl/α,β-unsaturated/α-hetero) is 1. The summed E-state index contributed by atoms with van der Waals surface area (Å²) in [5.74, 6) is -1.24. The van der Waals surface area contributed by atoms with Gasteiger partial charge in [-0.05, 0) is 37.8 Å². The first-order valence-corrected chi connectivity index (χ1v) is 10.9. The van der Waals surface area contributed by atoms with Crippen molar-refractivity contribution in [2.24, 2.45) is 11.8 Å². The van der Waals surface area contributed by atoms with Crippen molar-refractivity contribution >= 4 is 40.0 Å². The Labute approximate surface area is 178 Å². The molecule has 30 heavy (non-hydrogen) atoms. The summed E-state index contributed by atoms with van der Waals surface area (Å²) < 4.78 is 0. The summed E-state index contributed by atoms with van der Waals surface area (Å²) in [5, 5.41) is 3.26. The normalized spacial score (nSPS) is 20.9. The molecule has 0 spiro atoms. The molecule has 4 rings (SSSR count). The van der Waals surface area contributed by atoms with Crippen LogP contribution in [0.3, 0.4) is 0 Å². The summed E-state index contributed by atoms with van der Waals surface area (Å²) in [7, 11) is 0. The molecule has 1 aromatic carbocycles. The van der Waals surface area contributed by atoms with Crippen molar-refractivity contribution < 1.29 is 19.2 Å². The van der Waals surface area contributed by atoms with Gasteiger partial charge in [-0.25, -0.2) is 4.98 Å². The molecular weight excluding hydrogens is 402 g/mol. The number of hydrogen-bond donors (Lipinski definition) is 1. The van der Waals surface area contributed by atoms with Crippen LogP contribution in [-0.4, -0.2) is 39.9 Å². The van der Waals surface area contributed by atoms with Crippen LogP contribution in [-0.2, 0) is 4.79 Å². The average molecular weight is 426 g/mol. The number of benzene rings is 1. The maximum Gasteiger partial charge on any atom is 0.261 e. The summed E-state index contributed by atoms with van der Waals surface area (Å²) >= 11 is 1.18. The van der Waals surface area contributed by atoms with Crippen LogP contribution in [0.15, 0.2) is 24.3 Å². The fraction of sp³-hybridized carbons (Fsp3) is 0.409. The number of ketones is 1. The fourth-order valence-electron chi connectivity index (χ4n) is 4.39. The van der Waals surface area contributed by atoms with Crippen molar-refractivity contribution in [3.8, 4) is 0 Å². The number of thiazole rings is 1. The minimum atomic E-state index is -0.312. The minimum absolute atomic E-state index is 0.0772. The highest BCUT2D eigenvalue weighted by atomic mass is 32.1. The molecule has 1 aliphatic heterocycles. The molecular formula is C22H23N3O4S. The zero-order chi connectivity index (χ0) is 21.4. The van der Waals surface area contributed by atoms with Crippen molar-refractivity contribution in [3.63, 3.8) is 0 Å². The van der Waals surface area contributed by atoms with Crippen molar-refractivity contribution in [1.29, 1.82) is 0 Å². The third-order valence-electron chi connectivity index (χ3n) is 5.89. The molecule has 2 heterocycles. The maximum absolute atomic E-state index is 13.0. The standard InChI is InChI=1S/C22H23N3O4S/c1-12-18(13(2)26)30-22(23-12)24-19(27)15-8-4-3-7-14(15)11-25-20(28)16-9-5-6-10-17(16)21(25)29/h5-6,9-10,14-15H,3-4,7-8,11H2,1-2H3,(H,23,24,27). The molecule has 7 nitrogen and oxygen atoms in total. The molecule has 0 radical (unpaired) electrons. The third kappa shape index (κ3) is 3.67. The number of rotatable bonds is 5. The van der Waals surface area contributed by atoms with E-state index in [1.165, 1.54) is 23.2 Å². The Kier molecular flexibility index (Phi) is 5.51. The van der Waals surface area contributed by atoms with Crippen LogP contribution >= 0.6 is 11.3 Å². The summed E-state index contributed by atoms with van der Waals surface area (Å²) in [5.41, 5.74) is 1.46. The SMILES string of the molecule is CC(=O)c1sc(NC(=O)C2CCCCC2CN2C(=O)c3ccccc3C2=O)nc1C. The van der Waals surface area contributed by atoms with E-state index >= 15 is 0 Å². The van der Waals surface area contributed by atoms with Gasteiger partial charge in [-0.1, -0.05) is 36.3 Å².